The summed E-state index contributed by atoms with van der Waals surface area (Å²) in [6.07, 6.45) is 1.11. The van der Waals surface area contributed by atoms with Gasteiger partial charge in [0, 0.05) is 24.6 Å². The lowest BCUT2D eigenvalue weighted by atomic mass is 9.95. The van der Waals surface area contributed by atoms with Gasteiger partial charge in [-0.1, -0.05) is 29.8 Å². The number of carbonyl (C=O) groups excluding carboxylic acids is 2. The Morgan fingerprint density at radius 3 is 2.33 bits per heavy atom. The molecule has 2 aromatic rings. The second-order valence-electron chi connectivity index (χ2n) is 6.78. The number of likely N-dealkylation sites (tertiary alicyclic amines) is 1. The van der Waals surface area contributed by atoms with Crippen LogP contribution in [0, 0.1) is 12.8 Å². The Labute approximate surface area is 157 Å². The predicted molar refractivity (Wildman–Crippen MR) is 102 cm³/mol. The van der Waals surface area contributed by atoms with Crippen LogP contribution in [0.4, 0.5) is 5.69 Å². The number of piperidine rings is 1. The molecule has 0 saturated carbocycles. The molecule has 2 aromatic carbocycles. The summed E-state index contributed by atoms with van der Waals surface area (Å²) < 4.78 is 0. The number of hydrogen-bond acceptors (Lipinski definition) is 3. The molecule has 0 atom stereocenters. The lowest BCUT2D eigenvalue weighted by Gasteiger charge is -2.31. The van der Waals surface area contributed by atoms with Crippen LogP contribution in [0.15, 0.2) is 48.5 Å². The van der Waals surface area contributed by atoms with Crippen molar-refractivity contribution in [1.29, 1.82) is 0 Å². The van der Waals surface area contributed by atoms with Crippen LogP contribution >= 0.6 is 0 Å². The van der Waals surface area contributed by atoms with E-state index in [2.05, 4.69) is 5.32 Å². The maximum absolute atomic E-state index is 12.6. The van der Waals surface area contributed by atoms with Crippen molar-refractivity contribution in [3.05, 3.63) is 65.2 Å². The van der Waals surface area contributed by atoms with E-state index < -0.39 is 5.97 Å². The first-order valence-electron chi connectivity index (χ1n) is 8.95. The minimum atomic E-state index is -1.07. The fourth-order valence-corrected chi connectivity index (χ4v) is 3.29. The highest BCUT2D eigenvalue weighted by molar-refractivity contribution is 6.01. The minimum absolute atomic E-state index is 0.0267. The molecule has 0 radical (unpaired) electrons. The van der Waals surface area contributed by atoms with Crippen LogP contribution in [0.1, 0.15) is 39.1 Å². The molecule has 0 unspecified atom stereocenters. The summed E-state index contributed by atoms with van der Waals surface area (Å²) in [5.41, 5.74) is 1.85. The number of amides is 2. The van der Waals surface area contributed by atoms with Gasteiger partial charge < -0.3 is 15.3 Å². The third kappa shape index (κ3) is 4.34. The molecule has 1 heterocycles. The fraction of sp³-hybridized carbons (Fsp3) is 0.286. The number of benzene rings is 2. The van der Waals surface area contributed by atoms with E-state index in [1.54, 1.807) is 42.2 Å². The third-order valence-corrected chi connectivity index (χ3v) is 4.84. The smallest absolute Gasteiger partial charge is 0.337 e. The van der Waals surface area contributed by atoms with Gasteiger partial charge in [0.1, 0.15) is 0 Å². The first kappa shape index (κ1) is 18.6. The molecule has 1 aliphatic rings. The minimum Gasteiger partial charge on any atom is -0.478 e. The molecule has 0 aliphatic carbocycles. The Kier molecular flexibility index (Phi) is 5.54. The van der Waals surface area contributed by atoms with Crippen LogP contribution in [-0.2, 0) is 4.79 Å². The molecule has 0 bridgehead atoms. The Morgan fingerprint density at radius 1 is 1.04 bits per heavy atom. The van der Waals surface area contributed by atoms with E-state index in [-0.39, 0.29) is 23.3 Å². The highest BCUT2D eigenvalue weighted by Gasteiger charge is 2.28. The SMILES string of the molecule is Cc1ccc(NC(=O)C2CCN(C(=O)c3ccccc3)CC2)c(C(=O)O)c1. The van der Waals surface area contributed by atoms with Crippen LogP contribution < -0.4 is 5.32 Å². The van der Waals surface area contributed by atoms with E-state index >= 15 is 0 Å². The standard InChI is InChI=1S/C21H22N2O4/c1-14-7-8-18(17(13-14)21(26)27)22-19(24)15-9-11-23(12-10-15)20(25)16-5-3-2-4-6-16/h2-8,13,15H,9-12H2,1H3,(H,22,24)(H,26,27). The summed E-state index contributed by atoms with van der Waals surface area (Å²) in [7, 11) is 0. The third-order valence-electron chi connectivity index (χ3n) is 4.84. The number of nitrogens with zero attached hydrogens (tertiary/aromatic N) is 1. The average molecular weight is 366 g/mol. The molecule has 6 heteroatoms. The Hall–Kier alpha value is -3.15. The second-order valence-corrected chi connectivity index (χ2v) is 6.78. The first-order chi connectivity index (χ1) is 13.0. The molecule has 27 heavy (non-hydrogen) atoms. The second kappa shape index (κ2) is 8.03. The van der Waals surface area contributed by atoms with E-state index in [0.717, 1.165) is 5.56 Å². The highest BCUT2D eigenvalue weighted by atomic mass is 16.4. The molecule has 1 aliphatic heterocycles. The first-order valence-corrected chi connectivity index (χ1v) is 8.95. The molecule has 6 nitrogen and oxygen atoms in total. The molecule has 2 amide bonds. The Bertz CT molecular complexity index is 856. The van der Waals surface area contributed by atoms with Crippen LogP contribution in [0.3, 0.4) is 0 Å². The van der Waals surface area contributed by atoms with Crippen molar-refractivity contribution in [3.8, 4) is 0 Å². The maximum atomic E-state index is 12.6. The summed E-state index contributed by atoms with van der Waals surface area (Å²) in [4.78, 5) is 38.2. The normalized spacial score (nSPS) is 14.6. The van der Waals surface area contributed by atoms with Gasteiger partial charge in [0.25, 0.3) is 5.91 Å². The molecule has 1 saturated heterocycles. The average Bonchev–Trinajstić information content (AvgIpc) is 2.69. The number of hydrogen-bond donors (Lipinski definition) is 2. The van der Waals surface area contributed by atoms with Crippen LogP contribution in [0.2, 0.25) is 0 Å². The van der Waals surface area contributed by atoms with Crippen LogP contribution in [0.25, 0.3) is 0 Å². The number of rotatable bonds is 4. The van der Waals surface area contributed by atoms with Crippen molar-refractivity contribution >= 4 is 23.5 Å². The summed E-state index contributed by atoms with van der Waals surface area (Å²) in [6, 6.07) is 14.0. The number of aryl methyl sites for hydroxylation is 1. The molecule has 0 spiro atoms. The number of carbonyl (C=O) groups is 3. The zero-order valence-electron chi connectivity index (χ0n) is 15.1. The topological polar surface area (TPSA) is 86.7 Å². The van der Waals surface area contributed by atoms with Gasteiger partial charge in [0.15, 0.2) is 0 Å². The number of anilines is 1. The number of aromatic carboxylic acids is 1. The zero-order valence-corrected chi connectivity index (χ0v) is 15.1. The highest BCUT2D eigenvalue weighted by Crippen LogP contribution is 2.23. The number of carboxylic acid groups (broad SMARTS) is 1. The summed E-state index contributed by atoms with van der Waals surface area (Å²) >= 11 is 0. The molecule has 140 valence electrons. The van der Waals surface area contributed by atoms with Crippen molar-refractivity contribution < 1.29 is 19.5 Å². The summed E-state index contributed by atoms with van der Waals surface area (Å²) in [5.74, 6) is -1.54. The van der Waals surface area contributed by atoms with E-state index in [9.17, 15) is 19.5 Å². The van der Waals surface area contributed by atoms with Gasteiger partial charge in [-0.05, 0) is 44.0 Å². The van der Waals surface area contributed by atoms with E-state index in [0.29, 0.717) is 37.2 Å². The van der Waals surface area contributed by atoms with Crippen molar-refractivity contribution in [2.24, 2.45) is 5.92 Å². The largest absolute Gasteiger partial charge is 0.478 e. The molecular weight excluding hydrogens is 344 g/mol. The van der Waals surface area contributed by atoms with Gasteiger partial charge in [-0.2, -0.15) is 0 Å². The lowest BCUT2D eigenvalue weighted by Crippen LogP contribution is -2.41. The quantitative estimate of drug-likeness (QED) is 0.870. The Morgan fingerprint density at radius 2 is 1.70 bits per heavy atom. The van der Waals surface area contributed by atoms with Gasteiger partial charge in [-0.3, -0.25) is 9.59 Å². The van der Waals surface area contributed by atoms with Gasteiger partial charge >= 0.3 is 5.97 Å². The van der Waals surface area contributed by atoms with Crippen molar-refractivity contribution in [3.63, 3.8) is 0 Å². The molecule has 0 aromatic heterocycles. The van der Waals surface area contributed by atoms with Crippen molar-refractivity contribution in [2.45, 2.75) is 19.8 Å². The number of nitrogens with one attached hydrogen (secondary N) is 1. The van der Waals surface area contributed by atoms with Gasteiger partial charge in [-0.15, -0.1) is 0 Å². The van der Waals surface area contributed by atoms with Crippen molar-refractivity contribution in [1.82, 2.24) is 4.90 Å². The maximum Gasteiger partial charge on any atom is 0.337 e. The Balaban J connectivity index is 1.61. The monoisotopic (exact) mass is 366 g/mol. The van der Waals surface area contributed by atoms with E-state index in [4.69, 9.17) is 0 Å². The molecule has 3 rings (SSSR count). The fourth-order valence-electron chi connectivity index (χ4n) is 3.29. The number of carboxylic acids is 1. The predicted octanol–water partition coefficient (Wildman–Crippen LogP) is 3.18. The van der Waals surface area contributed by atoms with Gasteiger partial charge in [0.05, 0.1) is 11.3 Å². The van der Waals surface area contributed by atoms with Gasteiger partial charge in [-0.25, -0.2) is 4.79 Å². The van der Waals surface area contributed by atoms with E-state index in [1.807, 2.05) is 18.2 Å². The molecular formula is C21H22N2O4. The zero-order chi connectivity index (χ0) is 19.4. The lowest BCUT2D eigenvalue weighted by molar-refractivity contribution is -0.121. The summed E-state index contributed by atoms with van der Waals surface area (Å²) in [6.45, 7) is 2.81. The molecule has 2 N–H and O–H groups in total. The summed E-state index contributed by atoms with van der Waals surface area (Å²) in [5, 5.41) is 12.1. The molecule has 1 fully saturated rings. The van der Waals surface area contributed by atoms with E-state index in [1.165, 1.54) is 0 Å². The van der Waals surface area contributed by atoms with Crippen LogP contribution in [-0.4, -0.2) is 40.9 Å². The van der Waals surface area contributed by atoms with Gasteiger partial charge in [0.2, 0.25) is 5.91 Å². The van der Waals surface area contributed by atoms with Crippen molar-refractivity contribution in [2.75, 3.05) is 18.4 Å². The van der Waals surface area contributed by atoms with Crippen LogP contribution in [0.5, 0.6) is 0 Å².